The van der Waals surface area contributed by atoms with Crippen LogP contribution in [0.1, 0.15) is 11.1 Å². The van der Waals surface area contributed by atoms with Gasteiger partial charge in [0.1, 0.15) is 0 Å². The zero-order valence-electron chi connectivity index (χ0n) is 13.0. The molecule has 0 bridgehead atoms. The zero-order chi connectivity index (χ0) is 17.4. The number of nitrogens with zero attached hydrogens (tertiary/aromatic N) is 2. The molecule has 0 aliphatic heterocycles. The molecule has 128 valence electrons. The van der Waals surface area contributed by atoms with E-state index < -0.39 is 0 Å². The Balaban J connectivity index is 1.94. The van der Waals surface area contributed by atoms with Gasteiger partial charge in [-0.2, -0.15) is 0 Å². The van der Waals surface area contributed by atoms with Crippen LogP contribution in [0.15, 0.2) is 58.5 Å². The first kappa shape index (κ1) is 18.6. The second kappa shape index (κ2) is 9.51. The normalized spacial score (nSPS) is 11.5. The highest BCUT2D eigenvalue weighted by atomic mass is 35.5. The molecule has 0 aromatic heterocycles. The van der Waals surface area contributed by atoms with E-state index >= 15 is 0 Å². The molecular weight excluding hydrogens is 346 g/mol. The molecule has 0 amide bonds. The number of hydrogen-bond acceptors (Lipinski definition) is 6. The lowest BCUT2D eigenvalue weighted by Crippen LogP contribution is -2.29. The zero-order valence-corrected chi connectivity index (χ0v) is 14.6. The maximum Gasteiger partial charge on any atom is 0.152 e. The lowest BCUT2D eigenvalue weighted by atomic mass is 10.2. The van der Waals surface area contributed by atoms with Crippen molar-refractivity contribution in [3.8, 4) is 0 Å². The van der Waals surface area contributed by atoms with Crippen molar-refractivity contribution in [1.82, 2.24) is 9.84 Å². The Labute approximate surface area is 150 Å². The molecule has 2 aromatic rings. The number of hydrazine groups is 1. The van der Waals surface area contributed by atoms with Crippen LogP contribution < -0.4 is 16.3 Å². The molecule has 0 aliphatic carbocycles. The van der Waals surface area contributed by atoms with Crippen molar-refractivity contribution in [2.45, 2.75) is 11.4 Å². The summed E-state index contributed by atoms with van der Waals surface area (Å²) in [6.45, 7) is 1.06. The van der Waals surface area contributed by atoms with Crippen molar-refractivity contribution in [2.75, 3.05) is 13.2 Å². The van der Waals surface area contributed by atoms with Crippen LogP contribution in [-0.2, 0) is 6.54 Å². The summed E-state index contributed by atoms with van der Waals surface area (Å²) in [6, 6.07) is 15.0. The number of nitrogens with two attached hydrogens (primary N) is 2. The molecule has 0 saturated carbocycles. The fourth-order valence-electron chi connectivity index (χ4n) is 1.88. The molecule has 2 aromatic carbocycles. The van der Waals surface area contributed by atoms with Crippen LogP contribution >= 0.6 is 23.5 Å². The molecule has 0 heterocycles. The SMILES string of the molecule is N/C(=N\N(N)Cc1ccc(Cl)cc1)c1ccc(SNCCO)cc1. The maximum absolute atomic E-state index is 8.73. The van der Waals surface area contributed by atoms with Gasteiger partial charge in [-0.1, -0.05) is 35.9 Å². The summed E-state index contributed by atoms with van der Waals surface area (Å²) in [5, 5.41) is 14.9. The summed E-state index contributed by atoms with van der Waals surface area (Å²) in [6.07, 6.45) is 0. The number of halogens is 1. The molecule has 0 atom stereocenters. The number of nitrogens with one attached hydrogen (secondary N) is 1. The van der Waals surface area contributed by atoms with Crippen LogP contribution in [0.3, 0.4) is 0 Å². The topological polar surface area (TPSA) is 99.9 Å². The quantitative estimate of drug-likeness (QED) is 0.142. The van der Waals surface area contributed by atoms with Gasteiger partial charge in [-0.3, -0.25) is 4.72 Å². The highest BCUT2D eigenvalue weighted by Crippen LogP contribution is 2.15. The van der Waals surface area contributed by atoms with Crippen molar-refractivity contribution in [3.63, 3.8) is 0 Å². The number of benzene rings is 2. The predicted molar refractivity (Wildman–Crippen MR) is 99.3 cm³/mol. The summed E-state index contributed by atoms with van der Waals surface area (Å²) in [7, 11) is 0. The van der Waals surface area contributed by atoms with Gasteiger partial charge in [0.15, 0.2) is 5.84 Å². The van der Waals surface area contributed by atoms with Crippen LogP contribution in [0, 0.1) is 0 Å². The Bertz CT molecular complexity index is 663. The van der Waals surface area contributed by atoms with Crippen LogP contribution in [0.4, 0.5) is 0 Å². The molecule has 24 heavy (non-hydrogen) atoms. The maximum atomic E-state index is 8.73. The molecule has 6 nitrogen and oxygen atoms in total. The van der Waals surface area contributed by atoms with Crippen molar-refractivity contribution in [1.29, 1.82) is 0 Å². The first-order chi connectivity index (χ1) is 11.6. The summed E-state index contributed by atoms with van der Waals surface area (Å²) < 4.78 is 3.03. The van der Waals surface area contributed by atoms with Gasteiger partial charge in [-0.25, -0.2) is 11.0 Å². The van der Waals surface area contributed by atoms with E-state index in [-0.39, 0.29) is 6.61 Å². The van der Waals surface area contributed by atoms with Crippen molar-refractivity contribution in [2.24, 2.45) is 16.7 Å². The predicted octanol–water partition coefficient (Wildman–Crippen LogP) is 1.93. The fraction of sp³-hybridized carbons (Fsp3) is 0.188. The smallest absolute Gasteiger partial charge is 0.152 e. The second-order valence-electron chi connectivity index (χ2n) is 4.95. The minimum Gasteiger partial charge on any atom is -0.395 e. The van der Waals surface area contributed by atoms with E-state index in [4.69, 9.17) is 28.3 Å². The third kappa shape index (κ3) is 6.03. The highest BCUT2D eigenvalue weighted by molar-refractivity contribution is 7.97. The molecule has 0 unspecified atom stereocenters. The third-order valence-electron chi connectivity index (χ3n) is 3.05. The van der Waals surface area contributed by atoms with Gasteiger partial charge in [0.05, 0.1) is 13.2 Å². The summed E-state index contributed by atoms with van der Waals surface area (Å²) >= 11 is 7.30. The Morgan fingerprint density at radius 3 is 2.46 bits per heavy atom. The van der Waals surface area contributed by atoms with E-state index in [1.165, 1.54) is 17.1 Å². The van der Waals surface area contributed by atoms with E-state index in [9.17, 15) is 0 Å². The van der Waals surface area contributed by atoms with Crippen LogP contribution in [-0.4, -0.2) is 29.2 Å². The van der Waals surface area contributed by atoms with Gasteiger partial charge in [0.2, 0.25) is 0 Å². The van der Waals surface area contributed by atoms with Gasteiger partial charge >= 0.3 is 0 Å². The highest BCUT2D eigenvalue weighted by Gasteiger charge is 2.03. The Morgan fingerprint density at radius 1 is 1.17 bits per heavy atom. The van der Waals surface area contributed by atoms with Crippen LogP contribution in [0.5, 0.6) is 0 Å². The average molecular weight is 366 g/mol. The van der Waals surface area contributed by atoms with Gasteiger partial charge in [0.25, 0.3) is 0 Å². The third-order valence-corrected chi connectivity index (χ3v) is 4.16. The molecule has 8 heteroatoms. The lowest BCUT2D eigenvalue weighted by Gasteiger charge is -2.14. The summed E-state index contributed by atoms with van der Waals surface area (Å²) in [5.41, 5.74) is 7.77. The lowest BCUT2D eigenvalue weighted by molar-refractivity contribution is 0.290. The minimum atomic E-state index is 0.102. The monoisotopic (exact) mass is 365 g/mol. The van der Waals surface area contributed by atoms with Gasteiger partial charge < -0.3 is 10.8 Å². The van der Waals surface area contributed by atoms with Gasteiger partial charge in [-0.15, -0.1) is 5.10 Å². The van der Waals surface area contributed by atoms with E-state index in [1.54, 1.807) is 12.1 Å². The number of hydrogen-bond donors (Lipinski definition) is 4. The molecular formula is C16H20ClN5OS. The van der Waals surface area contributed by atoms with Gasteiger partial charge in [-0.05, 0) is 41.8 Å². The van der Waals surface area contributed by atoms with Gasteiger partial charge in [0, 0.05) is 22.0 Å². The van der Waals surface area contributed by atoms with E-state index in [2.05, 4.69) is 9.82 Å². The largest absolute Gasteiger partial charge is 0.395 e. The molecule has 6 N–H and O–H groups in total. The van der Waals surface area contributed by atoms with Crippen molar-refractivity contribution < 1.29 is 5.11 Å². The number of rotatable bonds is 8. The number of aliphatic hydroxyl groups is 1. The molecule has 2 rings (SSSR count). The number of aliphatic hydroxyl groups excluding tert-OH is 1. The first-order valence-corrected chi connectivity index (χ1v) is 8.49. The fourth-order valence-corrected chi connectivity index (χ4v) is 2.64. The van der Waals surface area contributed by atoms with Crippen molar-refractivity contribution in [3.05, 3.63) is 64.7 Å². The second-order valence-corrected chi connectivity index (χ2v) is 6.35. The first-order valence-electron chi connectivity index (χ1n) is 7.30. The Kier molecular flexibility index (Phi) is 7.36. The summed E-state index contributed by atoms with van der Waals surface area (Å²) in [5.74, 6) is 6.23. The molecule has 0 radical (unpaired) electrons. The van der Waals surface area contributed by atoms with E-state index in [1.807, 2.05) is 36.4 Å². The van der Waals surface area contributed by atoms with Crippen LogP contribution in [0.25, 0.3) is 0 Å². The Morgan fingerprint density at radius 2 is 1.83 bits per heavy atom. The minimum absolute atomic E-state index is 0.102. The molecule has 0 saturated heterocycles. The standard InChI is InChI=1S/C16H20ClN5OS/c17-14-5-1-12(2-6-14)11-22(19)21-16(18)13-3-7-15(8-4-13)24-20-9-10-23/h1-8,20,23H,9-11,19H2,(H2,18,21). The summed E-state index contributed by atoms with van der Waals surface area (Å²) in [4.78, 5) is 1.02. The van der Waals surface area contributed by atoms with Crippen molar-refractivity contribution >= 4 is 29.4 Å². The molecule has 0 spiro atoms. The molecule has 0 fully saturated rings. The Hall–Kier alpha value is -1.77. The van der Waals surface area contributed by atoms with E-state index in [0.717, 1.165) is 16.0 Å². The number of hydrazone groups is 1. The van der Waals surface area contributed by atoms with E-state index in [0.29, 0.717) is 23.9 Å². The number of amidine groups is 1. The average Bonchev–Trinajstić information content (AvgIpc) is 2.58. The van der Waals surface area contributed by atoms with Crippen LogP contribution in [0.2, 0.25) is 5.02 Å². The molecule has 0 aliphatic rings.